The molecule has 0 amide bonds. The Morgan fingerprint density at radius 3 is 2.61 bits per heavy atom. The normalized spacial score (nSPS) is 19.6. The van der Waals surface area contributed by atoms with E-state index < -0.39 is 11.7 Å². The van der Waals surface area contributed by atoms with Gasteiger partial charge >= 0.3 is 6.18 Å². The fourth-order valence-corrected chi connectivity index (χ4v) is 2.64. The van der Waals surface area contributed by atoms with Gasteiger partial charge < -0.3 is 20.3 Å². The van der Waals surface area contributed by atoms with Gasteiger partial charge in [0.15, 0.2) is 0 Å². The Morgan fingerprint density at radius 1 is 1.22 bits per heavy atom. The van der Waals surface area contributed by atoms with Crippen LogP contribution in [-0.4, -0.2) is 11.7 Å². The first-order valence-electron chi connectivity index (χ1n) is 6.73. The molecule has 1 atom stereocenters. The van der Waals surface area contributed by atoms with Crippen molar-refractivity contribution in [2.75, 3.05) is 0 Å². The maximum Gasteiger partial charge on any atom is 0.420 e. The van der Waals surface area contributed by atoms with E-state index in [0.29, 0.717) is 12.0 Å². The molecule has 0 aromatic carbocycles. The molecular formula is C14H13F3N4O2. The first kappa shape index (κ1) is 15.2. The molecule has 1 aliphatic rings. The molecule has 0 aliphatic heterocycles. The Morgan fingerprint density at radius 2 is 2.00 bits per heavy atom. The Balaban J connectivity index is 2.08. The number of nitrogens with two attached hydrogens (primary N) is 2. The standard InChI is InChI=1S/C14H13F3N4O2/c15-14(16,17)8-6-23-11-5-7(10-2-1-3-22-10)4-9(12(8)11)20-21-13(18)19/h1-3,6-7H,4-5H2,(H4,18,19,21)/b20-9+. The van der Waals surface area contributed by atoms with E-state index in [9.17, 15) is 13.2 Å². The highest BCUT2D eigenvalue weighted by atomic mass is 19.4. The lowest BCUT2D eigenvalue weighted by Gasteiger charge is -2.21. The molecule has 3 rings (SSSR count). The van der Waals surface area contributed by atoms with E-state index in [2.05, 4.69) is 10.2 Å². The van der Waals surface area contributed by atoms with Gasteiger partial charge in [0.2, 0.25) is 5.96 Å². The molecule has 0 fully saturated rings. The molecule has 0 saturated heterocycles. The second kappa shape index (κ2) is 5.49. The van der Waals surface area contributed by atoms with Crippen molar-refractivity contribution < 1.29 is 22.0 Å². The van der Waals surface area contributed by atoms with Crippen LogP contribution in [-0.2, 0) is 12.6 Å². The number of guanidine groups is 1. The van der Waals surface area contributed by atoms with E-state index in [1.54, 1.807) is 12.1 Å². The maximum absolute atomic E-state index is 13.1. The van der Waals surface area contributed by atoms with Gasteiger partial charge in [-0.15, -0.1) is 5.10 Å². The van der Waals surface area contributed by atoms with Crippen LogP contribution in [0.2, 0.25) is 0 Å². The van der Waals surface area contributed by atoms with Crippen LogP contribution in [0.15, 0.2) is 43.7 Å². The lowest BCUT2D eigenvalue weighted by molar-refractivity contribution is -0.138. The minimum atomic E-state index is -4.55. The summed E-state index contributed by atoms with van der Waals surface area (Å²) in [5, 5.41) is 7.27. The predicted octanol–water partition coefficient (Wildman–Crippen LogP) is 2.60. The highest BCUT2D eigenvalue weighted by Gasteiger charge is 2.41. The average Bonchev–Trinajstić information content (AvgIpc) is 3.12. The van der Waals surface area contributed by atoms with Gasteiger partial charge in [-0.1, -0.05) is 0 Å². The largest absolute Gasteiger partial charge is 0.469 e. The molecule has 0 spiro atoms. The SMILES string of the molecule is NC(N)=N/N=C1\CC(c2ccco2)Cc2occ(C(F)(F)F)c21. The third kappa shape index (κ3) is 2.94. The predicted molar refractivity (Wildman–Crippen MR) is 75.8 cm³/mol. The van der Waals surface area contributed by atoms with E-state index in [-0.39, 0.29) is 41.8 Å². The molecule has 0 radical (unpaired) electrons. The van der Waals surface area contributed by atoms with Gasteiger partial charge in [0.05, 0.1) is 17.5 Å². The first-order chi connectivity index (χ1) is 10.9. The molecule has 1 unspecified atom stereocenters. The molecule has 6 nitrogen and oxygen atoms in total. The molecule has 122 valence electrons. The first-order valence-corrected chi connectivity index (χ1v) is 6.73. The van der Waals surface area contributed by atoms with E-state index in [1.165, 1.54) is 6.26 Å². The molecular weight excluding hydrogens is 313 g/mol. The second-order valence-corrected chi connectivity index (χ2v) is 5.14. The quantitative estimate of drug-likeness (QED) is 0.503. The summed E-state index contributed by atoms with van der Waals surface area (Å²) in [7, 11) is 0. The monoisotopic (exact) mass is 326 g/mol. The fraction of sp³-hybridized carbons (Fsp3) is 0.286. The molecule has 2 aromatic heterocycles. The summed E-state index contributed by atoms with van der Waals surface area (Å²) in [5.74, 6) is 0.293. The minimum Gasteiger partial charge on any atom is -0.469 e. The van der Waals surface area contributed by atoms with Crippen LogP contribution in [0, 0.1) is 0 Å². The zero-order valence-electron chi connectivity index (χ0n) is 11.8. The van der Waals surface area contributed by atoms with E-state index in [1.807, 2.05) is 0 Å². The third-order valence-electron chi connectivity index (χ3n) is 3.56. The van der Waals surface area contributed by atoms with Crippen LogP contribution in [0.4, 0.5) is 13.2 Å². The number of alkyl halides is 3. The highest BCUT2D eigenvalue weighted by Crippen LogP contribution is 2.41. The number of hydrogen-bond acceptors (Lipinski definition) is 4. The Kier molecular flexibility index (Phi) is 3.63. The van der Waals surface area contributed by atoms with Gasteiger partial charge in [-0.25, -0.2) is 0 Å². The van der Waals surface area contributed by atoms with Crippen molar-refractivity contribution >= 4 is 11.7 Å². The smallest absolute Gasteiger partial charge is 0.420 e. The van der Waals surface area contributed by atoms with Crippen molar-refractivity contribution in [1.29, 1.82) is 0 Å². The molecule has 1 aliphatic carbocycles. The lowest BCUT2D eigenvalue weighted by atomic mass is 9.84. The maximum atomic E-state index is 13.1. The number of nitrogens with zero attached hydrogens (tertiary/aromatic N) is 2. The number of halogens is 3. The van der Waals surface area contributed by atoms with E-state index in [0.717, 1.165) is 0 Å². The van der Waals surface area contributed by atoms with Gasteiger partial charge in [0.25, 0.3) is 0 Å². The van der Waals surface area contributed by atoms with Gasteiger partial charge in [-0.05, 0) is 12.1 Å². The average molecular weight is 326 g/mol. The summed E-state index contributed by atoms with van der Waals surface area (Å²) < 4.78 is 49.9. The topological polar surface area (TPSA) is 103 Å². The zero-order chi connectivity index (χ0) is 16.6. The third-order valence-corrected chi connectivity index (χ3v) is 3.56. The Labute approximate surface area is 128 Å². The Hall–Kier alpha value is -2.71. The van der Waals surface area contributed by atoms with Crippen molar-refractivity contribution in [2.24, 2.45) is 21.7 Å². The lowest BCUT2D eigenvalue weighted by Crippen LogP contribution is -2.24. The van der Waals surface area contributed by atoms with Crippen molar-refractivity contribution in [1.82, 2.24) is 0 Å². The number of furan rings is 2. The summed E-state index contributed by atoms with van der Waals surface area (Å²) >= 11 is 0. The summed E-state index contributed by atoms with van der Waals surface area (Å²) in [6.07, 6.45) is -1.87. The minimum absolute atomic E-state index is 0.0923. The molecule has 4 N–H and O–H groups in total. The summed E-state index contributed by atoms with van der Waals surface area (Å²) in [4.78, 5) is 0. The molecule has 9 heteroatoms. The number of rotatable bonds is 2. The van der Waals surface area contributed by atoms with Crippen LogP contribution in [0.5, 0.6) is 0 Å². The van der Waals surface area contributed by atoms with Crippen molar-refractivity contribution in [3.8, 4) is 0 Å². The molecule has 0 saturated carbocycles. The van der Waals surface area contributed by atoms with E-state index >= 15 is 0 Å². The number of hydrogen-bond donors (Lipinski definition) is 2. The second-order valence-electron chi connectivity index (χ2n) is 5.14. The van der Waals surface area contributed by atoms with Crippen LogP contribution in [0.1, 0.15) is 35.0 Å². The molecule has 2 aromatic rings. The van der Waals surface area contributed by atoms with Gasteiger partial charge in [0.1, 0.15) is 23.3 Å². The number of fused-ring (bicyclic) bond motifs is 1. The fourth-order valence-electron chi connectivity index (χ4n) is 2.64. The summed E-state index contributed by atoms with van der Waals surface area (Å²) in [6.45, 7) is 0. The molecule has 0 bridgehead atoms. The van der Waals surface area contributed by atoms with Crippen LogP contribution < -0.4 is 11.5 Å². The van der Waals surface area contributed by atoms with Gasteiger partial charge in [-0.3, -0.25) is 0 Å². The van der Waals surface area contributed by atoms with Crippen molar-refractivity contribution in [2.45, 2.75) is 24.9 Å². The molecule has 2 heterocycles. The summed E-state index contributed by atoms with van der Waals surface area (Å²) in [5.41, 5.74) is 9.57. The van der Waals surface area contributed by atoms with Crippen LogP contribution in [0.25, 0.3) is 0 Å². The van der Waals surface area contributed by atoms with Crippen molar-refractivity contribution in [3.63, 3.8) is 0 Å². The van der Waals surface area contributed by atoms with Gasteiger partial charge in [0, 0.05) is 18.8 Å². The van der Waals surface area contributed by atoms with Crippen LogP contribution >= 0.6 is 0 Å². The van der Waals surface area contributed by atoms with Crippen LogP contribution in [0.3, 0.4) is 0 Å². The Bertz CT molecular complexity index is 756. The van der Waals surface area contributed by atoms with Gasteiger partial charge in [-0.2, -0.15) is 18.3 Å². The molecule has 23 heavy (non-hydrogen) atoms. The summed E-state index contributed by atoms with van der Waals surface area (Å²) in [6, 6.07) is 3.46. The highest BCUT2D eigenvalue weighted by molar-refractivity contribution is 6.04. The van der Waals surface area contributed by atoms with E-state index in [4.69, 9.17) is 20.3 Å². The van der Waals surface area contributed by atoms with Crippen molar-refractivity contribution in [3.05, 3.63) is 47.3 Å². The zero-order valence-corrected chi connectivity index (χ0v) is 11.8.